The van der Waals surface area contributed by atoms with Gasteiger partial charge in [-0.1, -0.05) is 31.0 Å². The molecule has 7 heteroatoms. The summed E-state index contributed by atoms with van der Waals surface area (Å²) in [7, 11) is 0. The molecule has 0 bridgehead atoms. The van der Waals surface area contributed by atoms with Gasteiger partial charge >= 0.3 is 12.2 Å². The number of nitrogens with one attached hydrogen (secondary N) is 2. The normalized spacial score (nSPS) is 12.5. The number of benzene rings is 1. The molecule has 21 heavy (non-hydrogen) atoms. The van der Waals surface area contributed by atoms with E-state index in [-0.39, 0.29) is 11.6 Å². The van der Waals surface area contributed by atoms with E-state index in [0.29, 0.717) is 0 Å². The van der Waals surface area contributed by atoms with Crippen LogP contribution in [0.1, 0.15) is 26.3 Å². The number of anilines is 1. The summed E-state index contributed by atoms with van der Waals surface area (Å²) in [6, 6.07) is 2.57. The Hall–Kier alpha value is -1.69. The van der Waals surface area contributed by atoms with E-state index in [0.717, 1.165) is 17.7 Å². The van der Waals surface area contributed by atoms with Crippen LogP contribution in [0.25, 0.3) is 0 Å². The monoisotopic (exact) mass is 320 g/mol. The smallest absolute Gasteiger partial charge is 0.314 e. The summed E-state index contributed by atoms with van der Waals surface area (Å²) in [5.74, 6) is 0.262. The topological polar surface area (TPSA) is 41.1 Å². The van der Waals surface area contributed by atoms with E-state index in [1.807, 2.05) is 20.8 Å². The summed E-state index contributed by atoms with van der Waals surface area (Å²) in [4.78, 5) is 11.6. The van der Waals surface area contributed by atoms with Gasteiger partial charge in [0.2, 0.25) is 0 Å². The van der Waals surface area contributed by atoms with Crippen molar-refractivity contribution >= 4 is 23.3 Å². The largest absolute Gasteiger partial charge is 0.417 e. The van der Waals surface area contributed by atoms with Gasteiger partial charge in [-0.05, 0) is 31.0 Å². The van der Waals surface area contributed by atoms with Crippen molar-refractivity contribution in [2.24, 2.45) is 5.92 Å². The summed E-state index contributed by atoms with van der Waals surface area (Å²) in [5.41, 5.74) is -0.0343. The molecule has 0 aliphatic heterocycles. The molecule has 1 aromatic carbocycles. The molecular weight excluding hydrogens is 305 g/mol. The van der Waals surface area contributed by atoms with Crippen molar-refractivity contribution < 1.29 is 18.0 Å². The summed E-state index contributed by atoms with van der Waals surface area (Å²) < 4.78 is 38.1. The fraction of sp³-hybridized carbons (Fsp3) is 0.357. The van der Waals surface area contributed by atoms with E-state index < -0.39 is 22.8 Å². The van der Waals surface area contributed by atoms with Gasteiger partial charge in [0.05, 0.1) is 10.6 Å². The molecule has 116 valence electrons. The average Bonchev–Trinajstić information content (AvgIpc) is 2.36. The van der Waals surface area contributed by atoms with Gasteiger partial charge in [0, 0.05) is 11.9 Å². The highest BCUT2D eigenvalue weighted by atomic mass is 35.5. The minimum Gasteiger partial charge on any atom is -0.314 e. The summed E-state index contributed by atoms with van der Waals surface area (Å²) in [5, 5.41) is 4.37. The first-order chi connectivity index (χ1) is 9.61. The Balaban J connectivity index is 2.80. The van der Waals surface area contributed by atoms with E-state index in [9.17, 15) is 18.0 Å². The first-order valence-electron chi connectivity index (χ1n) is 6.22. The molecule has 0 unspecified atom stereocenters. The molecule has 2 amide bonds. The van der Waals surface area contributed by atoms with Gasteiger partial charge in [0.1, 0.15) is 0 Å². The number of carbonyl (C=O) groups is 1. The molecule has 2 N–H and O–H groups in total. The maximum Gasteiger partial charge on any atom is 0.417 e. The maximum atomic E-state index is 12.7. The Morgan fingerprint density at radius 3 is 2.48 bits per heavy atom. The van der Waals surface area contributed by atoms with Crippen LogP contribution in [0.5, 0.6) is 0 Å². The number of rotatable bonds is 3. The molecule has 0 atom stereocenters. The Morgan fingerprint density at radius 1 is 1.33 bits per heavy atom. The van der Waals surface area contributed by atoms with Crippen LogP contribution in [0.4, 0.5) is 23.7 Å². The van der Waals surface area contributed by atoms with Crippen molar-refractivity contribution in [2.75, 3.05) is 5.32 Å². The molecular formula is C14H16ClF3N2O. The SMILES string of the molecule is C/C(=C\NC(=O)Nc1ccc(Cl)c(C(F)(F)F)c1)C(C)C. The third kappa shape index (κ3) is 5.30. The van der Waals surface area contributed by atoms with Gasteiger partial charge in [-0.2, -0.15) is 13.2 Å². The van der Waals surface area contributed by atoms with E-state index in [1.165, 1.54) is 12.3 Å². The highest BCUT2D eigenvalue weighted by Gasteiger charge is 2.33. The molecule has 0 radical (unpaired) electrons. The molecule has 0 heterocycles. The molecule has 3 nitrogen and oxygen atoms in total. The first-order valence-corrected chi connectivity index (χ1v) is 6.60. The first kappa shape index (κ1) is 17.4. The number of hydrogen-bond donors (Lipinski definition) is 2. The molecule has 0 aliphatic carbocycles. The molecule has 0 fully saturated rings. The van der Waals surface area contributed by atoms with Gasteiger partial charge < -0.3 is 10.6 Å². The Labute approximate surface area is 126 Å². The van der Waals surface area contributed by atoms with Crippen molar-refractivity contribution in [3.63, 3.8) is 0 Å². The number of urea groups is 1. The molecule has 0 aromatic heterocycles. The van der Waals surface area contributed by atoms with E-state index in [4.69, 9.17) is 11.6 Å². The van der Waals surface area contributed by atoms with Crippen molar-refractivity contribution in [2.45, 2.75) is 26.9 Å². The standard InChI is InChI=1S/C14H16ClF3N2O/c1-8(2)9(3)7-19-13(21)20-10-4-5-12(15)11(6-10)14(16,17)18/h4-8H,1-3H3,(H2,19,20,21)/b9-7+. The second-order valence-electron chi connectivity index (χ2n) is 4.83. The predicted octanol–water partition coefficient (Wildman–Crippen LogP) is 5.04. The van der Waals surface area contributed by atoms with E-state index in [2.05, 4.69) is 10.6 Å². The van der Waals surface area contributed by atoms with Gasteiger partial charge in [-0.25, -0.2) is 4.79 Å². The average molecular weight is 321 g/mol. The number of allylic oxidation sites excluding steroid dienone is 1. The Bertz CT molecular complexity index is 554. The summed E-state index contributed by atoms with van der Waals surface area (Å²) in [6.07, 6.45) is -3.06. The fourth-order valence-corrected chi connectivity index (χ4v) is 1.56. The van der Waals surface area contributed by atoms with E-state index >= 15 is 0 Å². The molecule has 0 spiro atoms. The second-order valence-corrected chi connectivity index (χ2v) is 5.24. The van der Waals surface area contributed by atoms with Gasteiger partial charge in [0.25, 0.3) is 0 Å². The van der Waals surface area contributed by atoms with Crippen LogP contribution in [0.2, 0.25) is 5.02 Å². The molecule has 1 rings (SSSR count). The van der Waals surface area contributed by atoms with E-state index in [1.54, 1.807) is 0 Å². The van der Waals surface area contributed by atoms with Crippen LogP contribution < -0.4 is 10.6 Å². The zero-order chi connectivity index (χ0) is 16.2. The lowest BCUT2D eigenvalue weighted by Gasteiger charge is -2.12. The van der Waals surface area contributed by atoms with Crippen molar-refractivity contribution in [3.05, 3.63) is 40.6 Å². The highest BCUT2D eigenvalue weighted by Crippen LogP contribution is 2.36. The highest BCUT2D eigenvalue weighted by molar-refractivity contribution is 6.31. The maximum absolute atomic E-state index is 12.7. The van der Waals surface area contributed by atoms with Gasteiger partial charge in [-0.15, -0.1) is 0 Å². The van der Waals surface area contributed by atoms with Crippen LogP contribution in [-0.4, -0.2) is 6.03 Å². The number of alkyl halides is 3. The predicted molar refractivity (Wildman–Crippen MR) is 77.2 cm³/mol. The van der Waals surface area contributed by atoms with Crippen LogP contribution >= 0.6 is 11.6 Å². The van der Waals surface area contributed by atoms with Crippen LogP contribution in [-0.2, 0) is 6.18 Å². The van der Waals surface area contributed by atoms with Crippen molar-refractivity contribution in [1.29, 1.82) is 0 Å². The third-order valence-electron chi connectivity index (χ3n) is 2.87. The van der Waals surface area contributed by atoms with Crippen LogP contribution in [0.15, 0.2) is 30.0 Å². The Morgan fingerprint density at radius 2 is 1.95 bits per heavy atom. The van der Waals surface area contributed by atoms with Crippen LogP contribution in [0, 0.1) is 5.92 Å². The van der Waals surface area contributed by atoms with Gasteiger partial charge in [-0.3, -0.25) is 0 Å². The summed E-state index contributed by atoms with van der Waals surface area (Å²) in [6.45, 7) is 5.76. The molecule has 0 aliphatic rings. The third-order valence-corrected chi connectivity index (χ3v) is 3.20. The van der Waals surface area contributed by atoms with Gasteiger partial charge in [0.15, 0.2) is 0 Å². The molecule has 0 saturated heterocycles. The van der Waals surface area contributed by atoms with Crippen LogP contribution in [0.3, 0.4) is 0 Å². The van der Waals surface area contributed by atoms with Crippen molar-refractivity contribution in [3.8, 4) is 0 Å². The lowest BCUT2D eigenvalue weighted by atomic mass is 10.1. The fourth-order valence-electron chi connectivity index (χ4n) is 1.33. The second kappa shape index (κ2) is 6.85. The Kier molecular flexibility index (Phi) is 5.66. The minimum absolute atomic E-state index is 0.0137. The number of halogens is 4. The number of amides is 2. The number of hydrogen-bond acceptors (Lipinski definition) is 1. The summed E-state index contributed by atoms with van der Waals surface area (Å²) >= 11 is 5.50. The van der Waals surface area contributed by atoms with Crippen molar-refractivity contribution in [1.82, 2.24) is 5.32 Å². The number of carbonyl (C=O) groups excluding carboxylic acids is 1. The lowest BCUT2D eigenvalue weighted by molar-refractivity contribution is -0.137. The quantitative estimate of drug-likeness (QED) is 0.804. The zero-order valence-electron chi connectivity index (χ0n) is 11.8. The minimum atomic E-state index is -4.57. The zero-order valence-corrected chi connectivity index (χ0v) is 12.6. The molecule has 1 aromatic rings. The molecule has 0 saturated carbocycles. The lowest BCUT2D eigenvalue weighted by Crippen LogP contribution is -2.24.